The van der Waals surface area contributed by atoms with Gasteiger partial charge in [0.25, 0.3) is 0 Å². The Morgan fingerprint density at radius 2 is 1.94 bits per heavy atom. The number of nitrogens with zero attached hydrogens (tertiary/aromatic N) is 6. The van der Waals surface area contributed by atoms with Crippen LogP contribution in [0, 0.1) is 6.92 Å². The minimum Gasteiger partial charge on any atom is -0.350 e. The van der Waals surface area contributed by atoms with E-state index in [1.54, 1.807) is 10.7 Å². The second-order valence-electron chi connectivity index (χ2n) is 9.39. The molecule has 0 amide bonds. The average molecular weight is 434 g/mol. The SMILES string of the molecule is Cc1nc2ncc(-c3ccn4nc(NCC5(F)CCC5)ncc34)cc2n1C1CCCCC1. The third-order valence-corrected chi connectivity index (χ3v) is 7.20. The van der Waals surface area contributed by atoms with Crippen molar-refractivity contribution in [3.8, 4) is 11.1 Å². The summed E-state index contributed by atoms with van der Waals surface area (Å²) < 4.78 is 18.5. The summed E-state index contributed by atoms with van der Waals surface area (Å²) in [5, 5.41) is 7.59. The highest BCUT2D eigenvalue weighted by Gasteiger charge is 2.36. The maximum Gasteiger partial charge on any atom is 0.241 e. The van der Waals surface area contributed by atoms with Gasteiger partial charge in [-0.1, -0.05) is 19.3 Å². The standard InChI is InChI=1S/C24H28FN7/c1-16-29-22-20(32(16)18-6-3-2-4-7-18)12-17(13-26-22)19-8-11-31-21(19)14-27-23(30-31)28-15-24(25)9-5-10-24/h8,11-14,18H,2-7,9-10,15H2,1H3,(H,28,30). The van der Waals surface area contributed by atoms with Crippen LogP contribution < -0.4 is 5.32 Å². The maximum absolute atomic E-state index is 14.3. The summed E-state index contributed by atoms with van der Waals surface area (Å²) >= 11 is 0. The molecule has 2 saturated carbocycles. The van der Waals surface area contributed by atoms with Crippen LogP contribution >= 0.6 is 0 Å². The van der Waals surface area contributed by atoms with Gasteiger partial charge in [0.1, 0.15) is 11.5 Å². The minimum atomic E-state index is -1.11. The highest BCUT2D eigenvalue weighted by Crippen LogP contribution is 2.36. The molecule has 166 valence electrons. The van der Waals surface area contributed by atoms with Crippen molar-refractivity contribution in [1.29, 1.82) is 0 Å². The lowest BCUT2D eigenvalue weighted by Crippen LogP contribution is -2.39. The van der Waals surface area contributed by atoms with Crippen LogP contribution in [0.5, 0.6) is 0 Å². The van der Waals surface area contributed by atoms with Gasteiger partial charge < -0.3 is 9.88 Å². The number of imidazole rings is 1. The molecule has 4 aromatic heterocycles. The van der Waals surface area contributed by atoms with Crippen LogP contribution in [0.1, 0.15) is 63.2 Å². The van der Waals surface area contributed by atoms with E-state index in [0.717, 1.165) is 40.1 Å². The van der Waals surface area contributed by atoms with E-state index < -0.39 is 5.67 Å². The van der Waals surface area contributed by atoms with Gasteiger partial charge in [0.2, 0.25) is 5.95 Å². The van der Waals surface area contributed by atoms with Gasteiger partial charge in [0, 0.05) is 29.6 Å². The first-order valence-corrected chi connectivity index (χ1v) is 11.7. The first-order chi connectivity index (χ1) is 15.6. The molecule has 32 heavy (non-hydrogen) atoms. The van der Waals surface area contributed by atoms with E-state index in [-0.39, 0.29) is 6.54 Å². The predicted molar refractivity (Wildman–Crippen MR) is 123 cm³/mol. The van der Waals surface area contributed by atoms with E-state index >= 15 is 0 Å². The smallest absolute Gasteiger partial charge is 0.241 e. The molecule has 2 aliphatic rings. The molecule has 4 heterocycles. The molecule has 1 N–H and O–H groups in total. The molecule has 8 heteroatoms. The van der Waals surface area contributed by atoms with E-state index in [1.807, 2.05) is 18.5 Å². The summed E-state index contributed by atoms with van der Waals surface area (Å²) in [6, 6.07) is 4.73. The van der Waals surface area contributed by atoms with E-state index in [2.05, 4.69) is 37.9 Å². The number of nitrogens with one attached hydrogen (secondary N) is 1. The summed E-state index contributed by atoms with van der Waals surface area (Å²) in [4.78, 5) is 13.8. The molecule has 2 fully saturated rings. The number of pyridine rings is 1. The van der Waals surface area contributed by atoms with Crippen LogP contribution in [0.15, 0.2) is 30.7 Å². The molecule has 0 atom stereocenters. The monoisotopic (exact) mass is 433 g/mol. The molecular weight excluding hydrogens is 405 g/mol. The Balaban J connectivity index is 1.33. The van der Waals surface area contributed by atoms with E-state index in [1.165, 1.54) is 32.1 Å². The Kier molecular flexibility index (Phi) is 4.62. The van der Waals surface area contributed by atoms with Crippen LogP contribution in [0.3, 0.4) is 0 Å². The van der Waals surface area contributed by atoms with Crippen molar-refractivity contribution in [2.45, 2.75) is 70.0 Å². The fourth-order valence-electron chi connectivity index (χ4n) is 5.24. The zero-order valence-corrected chi connectivity index (χ0v) is 18.4. The van der Waals surface area contributed by atoms with Gasteiger partial charge in [-0.15, -0.1) is 5.10 Å². The van der Waals surface area contributed by atoms with Crippen LogP contribution in [0.2, 0.25) is 0 Å². The number of hydrogen-bond donors (Lipinski definition) is 1. The molecule has 0 unspecified atom stereocenters. The molecule has 7 nitrogen and oxygen atoms in total. The largest absolute Gasteiger partial charge is 0.350 e. The molecule has 2 aliphatic carbocycles. The van der Waals surface area contributed by atoms with Crippen LogP contribution in [-0.4, -0.2) is 41.3 Å². The number of alkyl halides is 1. The Labute approximate surface area is 186 Å². The highest BCUT2D eigenvalue weighted by molar-refractivity contribution is 5.85. The first-order valence-electron chi connectivity index (χ1n) is 11.7. The molecule has 0 radical (unpaired) electrons. The fraction of sp³-hybridized carbons (Fsp3) is 0.500. The van der Waals surface area contributed by atoms with Crippen molar-refractivity contribution >= 4 is 22.6 Å². The second kappa shape index (κ2) is 7.53. The van der Waals surface area contributed by atoms with Gasteiger partial charge in [-0.25, -0.2) is 23.9 Å². The number of aromatic nitrogens is 6. The van der Waals surface area contributed by atoms with Crippen LogP contribution in [0.25, 0.3) is 27.8 Å². The summed E-state index contributed by atoms with van der Waals surface area (Å²) in [5.41, 5.74) is 3.74. The zero-order valence-electron chi connectivity index (χ0n) is 18.4. The summed E-state index contributed by atoms with van der Waals surface area (Å²) in [5.74, 6) is 1.48. The van der Waals surface area contributed by atoms with Crippen molar-refractivity contribution in [3.63, 3.8) is 0 Å². The fourth-order valence-corrected chi connectivity index (χ4v) is 5.24. The lowest BCUT2D eigenvalue weighted by atomic mass is 9.82. The number of anilines is 1. The van der Waals surface area contributed by atoms with Gasteiger partial charge in [-0.05, 0) is 51.2 Å². The topological polar surface area (TPSA) is 72.9 Å². The molecule has 0 spiro atoms. The predicted octanol–water partition coefficient (Wildman–Crippen LogP) is 5.26. The van der Waals surface area contributed by atoms with Crippen molar-refractivity contribution in [3.05, 3.63) is 36.5 Å². The number of hydrogen-bond acceptors (Lipinski definition) is 5. The van der Waals surface area contributed by atoms with Gasteiger partial charge in [-0.3, -0.25) is 0 Å². The van der Waals surface area contributed by atoms with Gasteiger partial charge in [-0.2, -0.15) is 0 Å². The number of fused-ring (bicyclic) bond motifs is 2. The third kappa shape index (κ3) is 3.32. The van der Waals surface area contributed by atoms with Crippen molar-refractivity contribution in [1.82, 2.24) is 29.1 Å². The normalized spacial score (nSPS) is 18.8. The Bertz CT molecular complexity index is 1280. The average Bonchev–Trinajstić information content (AvgIpc) is 3.36. The second-order valence-corrected chi connectivity index (χ2v) is 9.39. The zero-order chi connectivity index (χ0) is 21.7. The van der Waals surface area contributed by atoms with Gasteiger partial charge in [0.15, 0.2) is 5.65 Å². The van der Waals surface area contributed by atoms with Crippen molar-refractivity contribution in [2.75, 3.05) is 11.9 Å². The molecule has 0 aliphatic heterocycles. The maximum atomic E-state index is 14.3. The molecule has 0 bridgehead atoms. The Hall–Kier alpha value is -3.03. The lowest BCUT2D eigenvalue weighted by molar-refractivity contribution is 0.0782. The summed E-state index contributed by atoms with van der Waals surface area (Å²) in [6.45, 7) is 2.34. The van der Waals surface area contributed by atoms with Crippen molar-refractivity contribution < 1.29 is 4.39 Å². The molecular formula is C24H28FN7. The van der Waals surface area contributed by atoms with E-state index in [9.17, 15) is 4.39 Å². The minimum absolute atomic E-state index is 0.262. The van der Waals surface area contributed by atoms with E-state index in [4.69, 9.17) is 4.98 Å². The number of rotatable bonds is 5. The van der Waals surface area contributed by atoms with Gasteiger partial charge >= 0.3 is 0 Å². The van der Waals surface area contributed by atoms with Crippen LogP contribution in [-0.2, 0) is 0 Å². The van der Waals surface area contributed by atoms with Gasteiger partial charge in [0.05, 0.1) is 23.8 Å². The quantitative estimate of drug-likeness (QED) is 0.465. The first kappa shape index (κ1) is 19.6. The van der Waals surface area contributed by atoms with E-state index in [0.29, 0.717) is 24.8 Å². The lowest BCUT2D eigenvalue weighted by Gasteiger charge is -2.33. The Morgan fingerprint density at radius 1 is 1.09 bits per heavy atom. The molecule has 4 aromatic rings. The highest BCUT2D eigenvalue weighted by atomic mass is 19.1. The summed E-state index contributed by atoms with van der Waals surface area (Å²) in [7, 11) is 0. The Morgan fingerprint density at radius 3 is 2.72 bits per heavy atom. The molecule has 6 rings (SSSR count). The number of aryl methyl sites for hydroxylation is 1. The molecule has 0 aromatic carbocycles. The third-order valence-electron chi connectivity index (χ3n) is 7.20. The van der Waals surface area contributed by atoms with Crippen molar-refractivity contribution in [2.24, 2.45) is 0 Å². The summed E-state index contributed by atoms with van der Waals surface area (Å²) in [6.07, 6.45) is 14.1. The number of halogens is 1. The van der Waals surface area contributed by atoms with Crippen LogP contribution in [0.4, 0.5) is 10.3 Å². The molecule has 0 saturated heterocycles.